The highest BCUT2D eigenvalue weighted by atomic mass is 19.1. The van der Waals surface area contributed by atoms with E-state index in [4.69, 9.17) is 4.74 Å². The molecule has 104 valence electrons. The Balaban J connectivity index is 2.13. The zero-order valence-corrected chi connectivity index (χ0v) is 10.5. The first-order valence-electron chi connectivity index (χ1n) is 5.59. The van der Waals surface area contributed by atoms with Crippen molar-refractivity contribution in [2.75, 3.05) is 0 Å². The Bertz CT molecular complexity index is 766. The van der Waals surface area contributed by atoms with Crippen molar-refractivity contribution in [3.8, 4) is 0 Å². The van der Waals surface area contributed by atoms with Crippen molar-refractivity contribution in [2.45, 2.75) is 6.73 Å². The van der Waals surface area contributed by atoms with Gasteiger partial charge in [-0.25, -0.2) is 14.2 Å². The Hall–Kier alpha value is -2.77. The van der Waals surface area contributed by atoms with E-state index in [1.165, 1.54) is 0 Å². The molecule has 2 aromatic heterocycles. The maximum Gasteiger partial charge on any atom is 0.345 e. The van der Waals surface area contributed by atoms with Crippen LogP contribution in [0.1, 0.15) is 10.4 Å². The average molecular weight is 280 g/mol. The van der Waals surface area contributed by atoms with Gasteiger partial charge in [0.25, 0.3) is 5.56 Å². The van der Waals surface area contributed by atoms with Crippen LogP contribution >= 0.6 is 0 Å². The molecule has 0 saturated heterocycles. The van der Waals surface area contributed by atoms with Crippen LogP contribution in [0.3, 0.4) is 0 Å². The normalized spacial score (nSPS) is 10.3. The van der Waals surface area contributed by atoms with Crippen LogP contribution in [0.15, 0.2) is 40.3 Å². The van der Waals surface area contributed by atoms with E-state index in [2.05, 4.69) is 0 Å². The number of esters is 1. The quantitative estimate of drug-likeness (QED) is 0.596. The second-order valence-electron chi connectivity index (χ2n) is 4.03. The van der Waals surface area contributed by atoms with Gasteiger partial charge in [0.05, 0.1) is 6.20 Å². The van der Waals surface area contributed by atoms with E-state index in [9.17, 15) is 18.8 Å². The number of aromatic nitrogens is 3. The van der Waals surface area contributed by atoms with E-state index in [1.54, 1.807) is 41.1 Å². The minimum atomic E-state index is -1.13. The first kappa shape index (κ1) is 13.7. The molecule has 0 aromatic carbocycles. The van der Waals surface area contributed by atoms with Gasteiger partial charge in [0.1, 0.15) is 12.6 Å². The van der Waals surface area contributed by atoms with E-state index in [-0.39, 0.29) is 5.56 Å². The van der Waals surface area contributed by atoms with E-state index >= 15 is 0 Å². The van der Waals surface area contributed by atoms with Crippen molar-refractivity contribution in [1.29, 1.82) is 0 Å². The van der Waals surface area contributed by atoms with Crippen molar-refractivity contribution in [3.05, 3.63) is 62.9 Å². The third kappa shape index (κ3) is 2.97. The van der Waals surface area contributed by atoms with Crippen molar-refractivity contribution in [3.63, 3.8) is 0 Å². The lowest BCUT2D eigenvalue weighted by atomic mass is 10.3. The number of hydrogen-bond acceptors (Lipinski definition) is 4. The largest absolute Gasteiger partial charge is 0.440 e. The molecule has 0 aliphatic heterocycles. The van der Waals surface area contributed by atoms with Crippen molar-refractivity contribution in [2.24, 2.45) is 7.05 Å². The first-order valence-corrected chi connectivity index (χ1v) is 5.59. The molecule has 0 spiro atoms. The standard InChI is InChI=1S/C12H10FN3O4/c1-15-4-2-3-8(5-15)11(18)20-7-16-6-9(13)10(17)14-12(16)19/h2-6H,7H2,1H3/p+1. The fraction of sp³-hybridized carbons (Fsp3) is 0.167. The van der Waals surface area contributed by atoms with Gasteiger partial charge in [-0.1, -0.05) is 0 Å². The van der Waals surface area contributed by atoms with Crippen LogP contribution in [-0.2, 0) is 18.5 Å². The monoisotopic (exact) mass is 280 g/mol. The number of H-pyrrole nitrogens is 1. The fourth-order valence-electron chi connectivity index (χ4n) is 1.50. The topological polar surface area (TPSA) is 85.0 Å². The highest BCUT2D eigenvalue weighted by Gasteiger charge is 2.11. The predicted octanol–water partition coefficient (Wildman–Crippen LogP) is -0.685. The molecular formula is C12H11FN3O4+. The van der Waals surface area contributed by atoms with Crippen molar-refractivity contribution in [1.82, 2.24) is 9.55 Å². The van der Waals surface area contributed by atoms with Gasteiger partial charge in [0, 0.05) is 6.07 Å². The lowest BCUT2D eigenvalue weighted by Crippen LogP contribution is -2.32. The number of nitrogens with one attached hydrogen (secondary N) is 1. The molecule has 0 bridgehead atoms. The molecule has 7 nitrogen and oxygen atoms in total. The summed E-state index contributed by atoms with van der Waals surface area (Å²) in [6, 6.07) is 3.20. The second kappa shape index (κ2) is 5.47. The number of hydrogen-bond donors (Lipinski definition) is 1. The maximum absolute atomic E-state index is 13.0. The van der Waals surface area contributed by atoms with Gasteiger partial charge < -0.3 is 4.74 Å². The summed E-state index contributed by atoms with van der Waals surface area (Å²) >= 11 is 0. The molecule has 0 aliphatic carbocycles. The molecule has 1 N–H and O–H groups in total. The molecular weight excluding hydrogens is 269 g/mol. The lowest BCUT2D eigenvalue weighted by molar-refractivity contribution is -0.671. The highest BCUT2D eigenvalue weighted by Crippen LogP contribution is 1.98. The summed E-state index contributed by atoms with van der Waals surface area (Å²) in [5.41, 5.74) is -1.69. The van der Waals surface area contributed by atoms with Gasteiger partial charge >= 0.3 is 11.7 Å². The third-order valence-corrected chi connectivity index (χ3v) is 2.48. The van der Waals surface area contributed by atoms with E-state index in [0.29, 0.717) is 6.20 Å². The second-order valence-corrected chi connectivity index (χ2v) is 4.03. The molecule has 8 heteroatoms. The van der Waals surface area contributed by atoms with Gasteiger partial charge in [-0.3, -0.25) is 14.3 Å². The minimum Gasteiger partial charge on any atom is -0.440 e. The van der Waals surface area contributed by atoms with Crippen LogP contribution in [0.25, 0.3) is 0 Å². The van der Waals surface area contributed by atoms with E-state index in [1.807, 2.05) is 0 Å². The molecule has 2 rings (SSSR count). The van der Waals surface area contributed by atoms with Gasteiger partial charge in [-0.05, 0) is 6.07 Å². The van der Waals surface area contributed by atoms with Crippen LogP contribution < -0.4 is 15.8 Å². The third-order valence-electron chi connectivity index (χ3n) is 2.48. The highest BCUT2D eigenvalue weighted by molar-refractivity contribution is 5.88. The molecule has 0 saturated carbocycles. The van der Waals surface area contributed by atoms with Crippen molar-refractivity contribution < 1.29 is 18.5 Å². The summed E-state index contributed by atoms with van der Waals surface area (Å²) in [5.74, 6) is -1.80. The zero-order valence-electron chi connectivity index (χ0n) is 10.5. The summed E-state index contributed by atoms with van der Waals surface area (Å²) in [6.07, 6.45) is 3.95. The molecule has 0 unspecified atom stereocenters. The minimum absolute atomic E-state index is 0.285. The summed E-state index contributed by atoms with van der Waals surface area (Å²) in [4.78, 5) is 35.7. The summed E-state index contributed by atoms with van der Waals surface area (Å²) < 4.78 is 20.3. The Morgan fingerprint density at radius 3 is 2.95 bits per heavy atom. The Morgan fingerprint density at radius 2 is 2.25 bits per heavy atom. The van der Waals surface area contributed by atoms with Gasteiger partial charge in [-0.15, -0.1) is 0 Å². The summed E-state index contributed by atoms with van der Waals surface area (Å²) in [5, 5.41) is 0. The molecule has 0 amide bonds. The summed E-state index contributed by atoms with van der Waals surface area (Å²) in [6.45, 7) is -0.496. The molecule has 0 atom stereocenters. The Labute approximate surface area is 111 Å². The lowest BCUT2D eigenvalue weighted by Gasteiger charge is -2.06. The van der Waals surface area contributed by atoms with Crippen LogP contribution in [0.4, 0.5) is 4.39 Å². The number of pyridine rings is 1. The number of halogens is 1. The number of carbonyl (C=O) groups is 1. The Morgan fingerprint density at radius 1 is 1.50 bits per heavy atom. The predicted molar refractivity (Wildman–Crippen MR) is 64.3 cm³/mol. The molecule has 2 heterocycles. The Kier molecular flexibility index (Phi) is 3.74. The van der Waals surface area contributed by atoms with Crippen LogP contribution in [0, 0.1) is 5.82 Å². The number of rotatable bonds is 3. The number of nitrogens with zero attached hydrogens (tertiary/aromatic N) is 2. The van der Waals surface area contributed by atoms with Crippen LogP contribution in [0.5, 0.6) is 0 Å². The molecule has 0 fully saturated rings. The molecule has 2 aromatic rings. The number of aryl methyl sites for hydroxylation is 1. The molecule has 0 aliphatic rings. The zero-order chi connectivity index (χ0) is 14.7. The smallest absolute Gasteiger partial charge is 0.345 e. The molecule has 20 heavy (non-hydrogen) atoms. The summed E-state index contributed by atoms with van der Waals surface area (Å²) in [7, 11) is 1.73. The van der Waals surface area contributed by atoms with Gasteiger partial charge in [-0.2, -0.15) is 4.39 Å². The van der Waals surface area contributed by atoms with Crippen LogP contribution in [-0.4, -0.2) is 15.5 Å². The van der Waals surface area contributed by atoms with Crippen LogP contribution in [0.2, 0.25) is 0 Å². The maximum atomic E-state index is 13.0. The number of carbonyl (C=O) groups excluding carboxylic acids is 1. The average Bonchev–Trinajstić information content (AvgIpc) is 2.41. The van der Waals surface area contributed by atoms with Crippen molar-refractivity contribution >= 4 is 5.97 Å². The number of aromatic amines is 1. The van der Waals surface area contributed by atoms with Gasteiger partial charge in [0.15, 0.2) is 19.1 Å². The SMILES string of the molecule is C[n+]1cccc(C(=O)OCn2cc(F)c(=O)[nH]c2=O)c1. The number of ether oxygens (including phenoxy) is 1. The first-order chi connectivity index (χ1) is 9.47. The van der Waals surface area contributed by atoms with E-state index in [0.717, 1.165) is 4.57 Å². The fourth-order valence-corrected chi connectivity index (χ4v) is 1.50. The molecule has 0 radical (unpaired) electrons. The van der Waals surface area contributed by atoms with Gasteiger partial charge in [0.2, 0.25) is 5.82 Å². The van der Waals surface area contributed by atoms with E-state index < -0.39 is 29.8 Å².